The monoisotopic (exact) mass is 287 g/mol. The lowest BCUT2D eigenvalue weighted by molar-refractivity contribution is 0.0865. The van der Waals surface area contributed by atoms with E-state index in [1.807, 2.05) is 0 Å². The van der Waals surface area contributed by atoms with E-state index in [2.05, 4.69) is 32.3 Å². The zero-order valence-electron chi connectivity index (χ0n) is 11.8. The molecule has 0 aromatic carbocycles. The molecule has 2 aromatic rings. The van der Waals surface area contributed by atoms with Crippen molar-refractivity contribution in [2.24, 2.45) is 5.92 Å². The van der Waals surface area contributed by atoms with E-state index in [1.165, 1.54) is 18.8 Å². The molecule has 2 aromatic heterocycles. The van der Waals surface area contributed by atoms with Crippen LogP contribution < -0.4 is 5.32 Å². The zero-order chi connectivity index (χ0) is 14.7. The Kier molecular flexibility index (Phi) is 3.89. The van der Waals surface area contributed by atoms with E-state index in [-0.39, 0.29) is 23.7 Å². The number of aromatic nitrogens is 4. The van der Waals surface area contributed by atoms with Crippen molar-refractivity contribution >= 4 is 5.91 Å². The van der Waals surface area contributed by atoms with Crippen LogP contribution in [0.5, 0.6) is 0 Å². The molecule has 7 heteroatoms. The molecule has 21 heavy (non-hydrogen) atoms. The first-order chi connectivity index (χ1) is 10.2. The van der Waals surface area contributed by atoms with Gasteiger partial charge in [-0.05, 0) is 18.8 Å². The van der Waals surface area contributed by atoms with Crippen molar-refractivity contribution in [3.8, 4) is 11.5 Å². The van der Waals surface area contributed by atoms with E-state index in [9.17, 15) is 4.79 Å². The minimum Gasteiger partial charge on any atom is -0.345 e. The van der Waals surface area contributed by atoms with Gasteiger partial charge in [0.25, 0.3) is 0 Å². The van der Waals surface area contributed by atoms with Crippen LogP contribution in [0.3, 0.4) is 0 Å². The van der Waals surface area contributed by atoms with E-state index in [4.69, 9.17) is 4.52 Å². The van der Waals surface area contributed by atoms with Crippen LogP contribution in [0.15, 0.2) is 23.1 Å². The molecule has 1 aliphatic rings. The molecule has 3 rings (SSSR count). The van der Waals surface area contributed by atoms with Crippen LogP contribution in [0, 0.1) is 5.92 Å². The van der Waals surface area contributed by atoms with Crippen molar-refractivity contribution in [1.29, 1.82) is 0 Å². The Hall–Kier alpha value is -2.31. The van der Waals surface area contributed by atoms with E-state index in [0.29, 0.717) is 11.6 Å². The number of hydrogen-bond donors (Lipinski definition) is 1. The molecular weight excluding hydrogens is 270 g/mol. The SMILES string of the molecule is C[C@H]1CCCC[C@@H]1NC(=O)c1nc(-c2cnccn2)no1. The maximum atomic E-state index is 12.2. The minimum absolute atomic E-state index is 0.0339. The van der Waals surface area contributed by atoms with Crippen molar-refractivity contribution in [2.45, 2.75) is 38.6 Å². The maximum Gasteiger partial charge on any atom is 0.316 e. The van der Waals surface area contributed by atoms with Gasteiger partial charge in [-0.15, -0.1) is 0 Å². The van der Waals surface area contributed by atoms with Gasteiger partial charge >= 0.3 is 11.8 Å². The Morgan fingerprint density at radius 3 is 2.95 bits per heavy atom. The molecule has 0 bridgehead atoms. The molecule has 0 saturated heterocycles. The molecule has 2 heterocycles. The summed E-state index contributed by atoms with van der Waals surface area (Å²) >= 11 is 0. The Bertz CT molecular complexity index is 613. The number of rotatable bonds is 3. The van der Waals surface area contributed by atoms with Crippen molar-refractivity contribution in [3.05, 3.63) is 24.5 Å². The lowest BCUT2D eigenvalue weighted by Gasteiger charge is -2.28. The van der Waals surface area contributed by atoms with E-state index in [0.717, 1.165) is 19.3 Å². The van der Waals surface area contributed by atoms with E-state index in [1.54, 1.807) is 6.20 Å². The summed E-state index contributed by atoms with van der Waals surface area (Å²) in [6.45, 7) is 2.16. The lowest BCUT2D eigenvalue weighted by atomic mass is 9.86. The average molecular weight is 287 g/mol. The fourth-order valence-electron chi connectivity index (χ4n) is 2.60. The lowest BCUT2D eigenvalue weighted by Crippen LogP contribution is -2.41. The van der Waals surface area contributed by atoms with Crippen LogP contribution in [-0.4, -0.2) is 32.1 Å². The minimum atomic E-state index is -0.323. The number of amides is 1. The van der Waals surface area contributed by atoms with Crippen molar-refractivity contribution in [1.82, 2.24) is 25.4 Å². The molecule has 2 atom stereocenters. The van der Waals surface area contributed by atoms with Gasteiger partial charge in [-0.25, -0.2) is 4.98 Å². The molecule has 110 valence electrons. The quantitative estimate of drug-likeness (QED) is 0.925. The normalized spacial score (nSPS) is 22.0. The highest BCUT2D eigenvalue weighted by Gasteiger charge is 2.25. The first-order valence-electron chi connectivity index (χ1n) is 7.15. The molecule has 1 saturated carbocycles. The molecule has 0 radical (unpaired) electrons. The van der Waals surface area contributed by atoms with Crippen molar-refractivity contribution in [2.75, 3.05) is 0 Å². The third-order valence-corrected chi connectivity index (χ3v) is 3.84. The summed E-state index contributed by atoms with van der Waals surface area (Å²) in [7, 11) is 0. The molecule has 0 spiro atoms. The van der Waals surface area contributed by atoms with Crippen LogP contribution in [0.1, 0.15) is 43.3 Å². The third-order valence-electron chi connectivity index (χ3n) is 3.84. The predicted molar refractivity (Wildman–Crippen MR) is 74.2 cm³/mol. The van der Waals surface area contributed by atoms with Gasteiger partial charge in [0, 0.05) is 18.4 Å². The number of carbonyl (C=O) groups excluding carboxylic acids is 1. The molecule has 0 unspecified atom stereocenters. The van der Waals surface area contributed by atoms with Gasteiger partial charge in [0.1, 0.15) is 5.69 Å². The highest BCUT2D eigenvalue weighted by molar-refractivity contribution is 5.90. The summed E-state index contributed by atoms with van der Waals surface area (Å²) < 4.78 is 5.02. The smallest absolute Gasteiger partial charge is 0.316 e. The van der Waals surface area contributed by atoms with Crippen LogP contribution in [0.4, 0.5) is 0 Å². The topological polar surface area (TPSA) is 93.8 Å². The fourth-order valence-corrected chi connectivity index (χ4v) is 2.60. The number of hydrogen-bond acceptors (Lipinski definition) is 6. The van der Waals surface area contributed by atoms with Gasteiger partial charge in [-0.2, -0.15) is 4.98 Å². The molecule has 7 nitrogen and oxygen atoms in total. The molecule has 1 amide bonds. The van der Waals surface area contributed by atoms with E-state index >= 15 is 0 Å². The molecule has 1 aliphatic carbocycles. The van der Waals surface area contributed by atoms with Gasteiger partial charge in [-0.3, -0.25) is 9.78 Å². The first kappa shape index (κ1) is 13.7. The number of nitrogens with zero attached hydrogens (tertiary/aromatic N) is 4. The number of carbonyl (C=O) groups is 1. The van der Waals surface area contributed by atoms with Gasteiger partial charge < -0.3 is 9.84 Å². The van der Waals surface area contributed by atoms with Crippen molar-refractivity contribution < 1.29 is 9.32 Å². The molecule has 1 N–H and O–H groups in total. The van der Waals surface area contributed by atoms with Crippen LogP contribution in [0.2, 0.25) is 0 Å². The first-order valence-corrected chi connectivity index (χ1v) is 7.15. The van der Waals surface area contributed by atoms with Crippen molar-refractivity contribution in [3.63, 3.8) is 0 Å². The second-order valence-electron chi connectivity index (χ2n) is 5.36. The van der Waals surface area contributed by atoms with Gasteiger partial charge in [-0.1, -0.05) is 24.9 Å². The largest absolute Gasteiger partial charge is 0.345 e. The van der Waals surface area contributed by atoms with Crippen LogP contribution in [-0.2, 0) is 0 Å². The third kappa shape index (κ3) is 3.07. The Morgan fingerprint density at radius 1 is 1.33 bits per heavy atom. The summed E-state index contributed by atoms with van der Waals surface area (Å²) in [6, 6.07) is 0.179. The van der Waals surface area contributed by atoms with Crippen LogP contribution >= 0.6 is 0 Å². The van der Waals surface area contributed by atoms with Gasteiger partial charge in [0.15, 0.2) is 0 Å². The summed E-state index contributed by atoms with van der Waals surface area (Å²) in [5.74, 6) is 0.389. The molecular formula is C14H17N5O2. The second-order valence-corrected chi connectivity index (χ2v) is 5.36. The van der Waals surface area contributed by atoms with Gasteiger partial charge in [0.05, 0.1) is 6.20 Å². The zero-order valence-corrected chi connectivity index (χ0v) is 11.8. The summed E-state index contributed by atoms with van der Waals surface area (Å²) in [4.78, 5) is 24.2. The Labute approximate surface area is 122 Å². The maximum absolute atomic E-state index is 12.2. The van der Waals surface area contributed by atoms with Crippen LogP contribution in [0.25, 0.3) is 11.5 Å². The van der Waals surface area contributed by atoms with Gasteiger partial charge in [0.2, 0.25) is 5.82 Å². The highest BCUT2D eigenvalue weighted by Crippen LogP contribution is 2.24. The second kappa shape index (κ2) is 5.99. The summed E-state index contributed by atoms with van der Waals surface area (Å²) in [6.07, 6.45) is 9.12. The standard InChI is InChI=1S/C14H17N5O2/c1-9-4-2-3-5-10(9)17-13(20)14-18-12(19-21-14)11-8-15-6-7-16-11/h6-10H,2-5H2,1H3,(H,17,20)/t9-,10-/m0/s1. The summed E-state index contributed by atoms with van der Waals surface area (Å²) in [5, 5.41) is 6.75. The fraction of sp³-hybridized carbons (Fsp3) is 0.500. The highest BCUT2D eigenvalue weighted by atomic mass is 16.5. The Morgan fingerprint density at radius 2 is 2.19 bits per heavy atom. The molecule has 0 aliphatic heterocycles. The average Bonchev–Trinajstić information content (AvgIpc) is 3.00. The van der Waals surface area contributed by atoms with E-state index < -0.39 is 0 Å². The number of nitrogens with one attached hydrogen (secondary N) is 1. The Balaban J connectivity index is 1.69. The molecule has 1 fully saturated rings. The predicted octanol–water partition coefficient (Wildman–Crippen LogP) is 1.84. The summed E-state index contributed by atoms with van der Waals surface area (Å²) in [5.41, 5.74) is 0.478.